The largest absolute Gasteiger partial charge is 0.347 e. The van der Waals surface area contributed by atoms with Crippen LogP contribution in [-0.4, -0.2) is 44.4 Å². The summed E-state index contributed by atoms with van der Waals surface area (Å²) in [5, 5.41) is 15.3. The Kier molecular flexibility index (Phi) is 4.47. The molecule has 3 N–H and O–H groups in total. The lowest BCUT2D eigenvalue weighted by Crippen LogP contribution is -2.53. The maximum atomic E-state index is 13.0. The smallest absolute Gasteiger partial charge is 0.322 e. The van der Waals surface area contributed by atoms with Crippen molar-refractivity contribution in [1.29, 1.82) is 0 Å². The molecule has 1 aliphatic rings. The first-order chi connectivity index (χ1) is 14.0. The molecular weight excluding hydrogens is 381 g/mol. The lowest BCUT2D eigenvalue weighted by atomic mass is 9.94. The zero-order valence-electron chi connectivity index (χ0n) is 14.8. The van der Waals surface area contributed by atoms with E-state index < -0.39 is 29.2 Å². The van der Waals surface area contributed by atoms with E-state index in [0.717, 1.165) is 0 Å². The van der Waals surface area contributed by atoms with Crippen LogP contribution in [0.1, 0.15) is 16.2 Å². The van der Waals surface area contributed by atoms with Gasteiger partial charge in [0, 0.05) is 6.20 Å². The van der Waals surface area contributed by atoms with E-state index in [4.69, 9.17) is 0 Å². The fraction of sp³-hybridized carbons (Fsp3) is 0.111. The summed E-state index contributed by atoms with van der Waals surface area (Å²) in [7, 11) is 0. The Morgan fingerprint density at radius 1 is 1.17 bits per heavy atom. The minimum Gasteiger partial charge on any atom is -0.347 e. The Labute approximate surface area is 163 Å². The van der Waals surface area contributed by atoms with Gasteiger partial charge in [-0.05, 0) is 36.4 Å². The second-order valence-corrected chi connectivity index (χ2v) is 6.21. The summed E-state index contributed by atoms with van der Waals surface area (Å²) in [5.41, 5.74) is -0.812. The molecule has 1 atom stereocenters. The maximum absolute atomic E-state index is 13.0. The number of carbonyl (C=O) groups excluding carboxylic acids is 3. The third-order valence-corrected chi connectivity index (χ3v) is 4.34. The molecule has 4 amide bonds. The van der Waals surface area contributed by atoms with Crippen LogP contribution in [0.15, 0.2) is 54.9 Å². The Morgan fingerprint density at radius 2 is 1.97 bits per heavy atom. The summed E-state index contributed by atoms with van der Waals surface area (Å²) in [6, 6.07) is 9.64. The first kappa shape index (κ1) is 18.2. The van der Waals surface area contributed by atoms with E-state index in [1.807, 2.05) is 0 Å². The summed E-state index contributed by atoms with van der Waals surface area (Å²) in [6.07, 6.45) is 2.71. The lowest BCUT2D eigenvalue weighted by Gasteiger charge is -2.25. The lowest BCUT2D eigenvalue weighted by molar-refractivity contribution is -0.124. The zero-order valence-corrected chi connectivity index (χ0v) is 14.8. The van der Waals surface area contributed by atoms with Gasteiger partial charge >= 0.3 is 6.03 Å². The van der Waals surface area contributed by atoms with E-state index in [-0.39, 0.29) is 17.9 Å². The second-order valence-electron chi connectivity index (χ2n) is 6.21. The topological polar surface area (TPSA) is 131 Å². The number of halogens is 1. The molecule has 0 bridgehead atoms. The molecule has 3 heterocycles. The third-order valence-electron chi connectivity index (χ3n) is 4.34. The van der Waals surface area contributed by atoms with E-state index in [1.54, 1.807) is 18.2 Å². The average Bonchev–Trinajstić information content (AvgIpc) is 3.32. The Bertz CT molecular complexity index is 1080. The number of carbonyl (C=O) groups is 3. The van der Waals surface area contributed by atoms with Crippen molar-refractivity contribution in [2.45, 2.75) is 5.54 Å². The van der Waals surface area contributed by atoms with E-state index >= 15 is 0 Å². The Morgan fingerprint density at radius 3 is 2.62 bits per heavy atom. The molecule has 3 aromatic rings. The monoisotopic (exact) mass is 395 g/mol. The van der Waals surface area contributed by atoms with Crippen LogP contribution in [0.4, 0.5) is 9.18 Å². The van der Waals surface area contributed by atoms with Gasteiger partial charge in [0.1, 0.15) is 5.82 Å². The number of nitrogens with zero attached hydrogens (tertiary/aromatic N) is 4. The van der Waals surface area contributed by atoms with Crippen molar-refractivity contribution >= 4 is 17.8 Å². The number of benzene rings is 1. The highest BCUT2D eigenvalue weighted by Crippen LogP contribution is 2.22. The van der Waals surface area contributed by atoms with Gasteiger partial charge in [0.05, 0.1) is 24.1 Å². The van der Waals surface area contributed by atoms with E-state index in [2.05, 4.69) is 31.1 Å². The predicted molar refractivity (Wildman–Crippen MR) is 96.2 cm³/mol. The van der Waals surface area contributed by atoms with Crippen molar-refractivity contribution in [1.82, 2.24) is 35.9 Å². The van der Waals surface area contributed by atoms with Crippen molar-refractivity contribution in [3.8, 4) is 5.69 Å². The van der Waals surface area contributed by atoms with Crippen molar-refractivity contribution in [3.05, 3.63) is 72.1 Å². The van der Waals surface area contributed by atoms with Gasteiger partial charge in [-0.2, -0.15) is 9.90 Å². The molecule has 1 aliphatic heterocycles. The van der Waals surface area contributed by atoms with Gasteiger partial charge < -0.3 is 10.6 Å². The first-order valence-electron chi connectivity index (χ1n) is 8.49. The highest BCUT2D eigenvalue weighted by Gasteiger charge is 2.49. The molecule has 0 saturated carbocycles. The predicted octanol–water partition coefficient (Wildman–Crippen LogP) is 0.266. The molecule has 11 heteroatoms. The summed E-state index contributed by atoms with van der Waals surface area (Å²) >= 11 is 0. The normalized spacial score (nSPS) is 18.2. The highest BCUT2D eigenvalue weighted by molar-refractivity contribution is 6.07. The van der Waals surface area contributed by atoms with Gasteiger partial charge in [0.2, 0.25) is 0 Å². The fourth-order valence-corrected chi connectivity index (χ4v) is 2.87. The van der Waals surface area contributed by atoms with Crippen molar-refractivity contribution in [3.63, 3.8) is 0 Å². The van der Waals surface area contributed by atoms with E-state index in [1.165, 1.54) is 41.5 Å². The van der Waals surface area contributed by atoms with Gasteiger partial charge in [0.25, 0.3) is 11.8 Å². The van der Waals surface area contributed by atoms with Crippen LogP contribution in [0, 0.1) is 5.82 Å². The number of nitrogens with one attached hydrogen (secondary N) is 3. The van der Waals surface area contributed by atoms with Crippen LogP contribution in [0.5, 0.6) is 0 Å². The van der Waals surface area contributed by atoms with E-state index in [9.17, 15) is 18.8 Å². The molecular formula is C18H14FN7O3. The number of amides is 4. The first-order valence-corrected chi connectivity index (χ1v) is 8.49. The molecule has 4 rings (SSSR count). The number of hydrogen-bond donors (Lipinski definition) is 3. The van der Waals surface area contributed by atoms with Crippen molar-refractivity contribution < 1.29 is 18.8 Å². The van der Waals surface area contributed by atoms with Crippen LogP contribution in [0.25, 0.3) is 5.69 Å². The number of rotatable bonds is 5. The third kappa shape index (κ3) is 3.40. The van der Waals surface area contributed by atoms with Crippen LogP contribution < -0.4 is 16.0 Å². The van der Waals surface area contributed by atoms with Crippen LogP contribution >= 0.6 is 0 Å². The molecule has 2 aromatic heterocycles. The van der Waals surface area contributed by atoms with Crippen LogP contribution in [-0.2, 0) is 10.3 Å². The number of hydrogen-bond acceptors (Lipinski definition) is 6. The Balaban J connectivity index is 1.53. The Hall–Kier alpha value is -4.15. The number of pyridine rings is 1. The van der Waals surface area contributed by atoms with Gasteiger partial charge in [-0.3, -0.25) is 19.9 Å². The number of urea groups is 1. The van der Waals surface area contributed by atoms with Gasteiger partial charge in [-0.25, -0.2) is 9.18 Å². The van der Waals surface area contributed by atoms with Crippen LogP contribution in [0.2, 0.25) is 0 Å². The minimum atomic E-state index is -1.54. The summed E-state index contributed by atoms with van der Waals surface area (Å²) in [6.45, 7) is -0.246. The average molecular weight is 395 g/mol. The van der Waals surface area contributed by atoms with Gasteiger partial charge in [-0.15, -0.1) is 5.10 Å². The summed E-state index contributed by atoms with van der Waals surface area (Å²) < 4.78 is 13.0. The molecule has 29 heavy (non-hydrogen) atoms. The molecule has 0 spiro atoms. The summed E-state index contributed by atoms with van der Waals surface area (Å²) in [4.78, 5) is 41.9. The summed E-state index contributed by atoms with van der Waals surface area (Å²) in [5.74, 6) is -1.64. The molecule has 0 aliphatic carbocycles. The SMILES string of the molecule is O=C1NC(=O)[C@@](CNC(=O)c2cnn(-c3ccc(F)cc3)n2)(c2ccccn2)N1. The van der Waals surface area contributed by atoms with E-state index in [0.29, 0.717) is 5.69 Å². The molecule has 0 unspecified atom stereocenters. The highest BCUT2D eigenvalue weighted by atomic mass is 19.1. The van der Waals surface area contributed by atoms with Crippen LogP contribution in [0.3, 0.4) is 0 Å². The maximum Gasteiger partial charge on any atom is 0.322 e. The number of imide groups is 1. The quantitative estimate of drug-likeness (QED) is 0.532. The van der Waals surface area contributed by atoms with Gasteiger partial charge in [0.15, 0.2) is 11.2 Å². The zero-order chi connectivity index (χ0) is 20.4. The molecule has 10 nitrogen and oxygen atoms in total. The minimum absolute atomic E-state index is 0.0183. The molecule has 0 radical (unpaired) electrons. The standard InChI is InChI=1S/C18H14FN7O3/c19-11-4-6-12(7-5-11)26-22-9-13(25-26)15(27)21-10-18(14-3-1-2-8-20-14)16(28)23-17(29)24-18/h1-9H,10H2,(H,21,27)(H2,23,24,28,29)/t18-/m1/s1. The fourth-order valence-electron chi connectivity index (χ4n) is 2.87. The molecule has 1 fully saturated rings. The van der Waals surface area contributed by atoms with Crippen molar-refractivity contribution in [2.24, 2.45) is 0 Å². The number of aromatic nitrogens is 4. The molecule has 1 aromatic carbocycles. The molecule has 1 saturated heterocycles. The van der Waals surface area contributed by atoms with Crippen molar-refractivity contribution in [2.75, 3.05) is 6.54 Å². The van der Waals surface area contributed by atoms with Gasteiger partial charge in [-0.1, -0.05) is 6.07 Å². The molecule has 146 valence electrons. The second kappa shape index (κ2) is 7.11.